The van der Waals surface area contributed by atoms with Gasteiger partial charge in [-0.15, -0.1) is 0 Å². The van der Waals surface area contributed by atoms with E-state index in [4.69, 9.17) is 21.1 Å². The molecule has 0 unspecified atom stereocenters. The number of para-hydroxylation sites is 1. The third-order valence-electron chi connectivity index (χ3n) is 5.19. The molecule has 1 aliphatic heterocycles. The number of aromatic nitrogens is 2. The summed E-state index contributed by atoms with van der Waals surface area (Å²) in [6.45, 7) is 3.02. The van der Waals surface area contributed by atoms with E-state index in [0.717, 1.165) is 65.3 Å². The first-order valence-corrected chi connectivity index (χ1v) is 9.70. The summed E-state index contributed by atoms with van der Waals surface area (Å²) in [5.74, 6) is 1.86. The zero-order valence-electron chi connectivity index (χ0n) is 15.1. The Labute approximate surface area is 162 Å². The molecule has 0 saturated heterocycles. The summed E-state index contributed by atoms with van der Waals surface area (Å²) in [6.07, 6.45) is 3.25. The molecule has 3 heterocycles. The fraction of sp³-hybridized carbons (Fsp3) is 0.227. The zero-order valence-corrected chi connectivity index (χ0v) is 15.9. The van der Waals surface area contributed by atoms with Crippen molar-refractivity contribution in [2.75, 3.05) is 11.9 Å². The van der Waals surface area contributed by atoms with Gasteiger partial charge in [-0.2, -0.15) is 5.10 Å². The molecule has 4 nitrogen and oxygen atoms in total. The molecule has 0 aliphatic carbocycles. The maximum absolute atomic E-state index is 6.28. The topological polar surface area (TPSA) is 43.0 Å². The van der Waals surface area contributed by atoms with Crippen LogP contribution < -0.4 is 5.32 Å². The van der Waals surface area contributed by atoms with Gasteiger partial charge in [0.15, 0.2) is 5.76 Å². The van der Waals surface area contributed by atoms with Gasteiger partial charge in [0, 0.05) is 22.5 Å². The SMILES string of the molecule is Cc1ccc(Cl)cc1-n1nc(-c2cc3ccccc3o2)c2c1NCCCC2. The highest BCUT2D eigenvalue weighted by molar-refractivity contribution is 6.30. The normalized spacial score (nSPS) is 14.0. The lowest BCUT2D eigenvalue weighted by molar-refractivity contribution is 0.625. The van der Waals surface area contributed by atoms with Gasteiger partial charge in [-0.05, 0) is 56.0 Å². The number of furan rings is 1. The van der Waals surface area contributed by atoms with E-state index in [1.165, 1.54) is 5.56 Å². The monoisotopic (exact) mass is 377 g/mol. The molecule has 2 aromatic carbocycles. The lowest BCUT2D eigenvalue weighted by Crippen LogP contribution is -2.08. The minimum absolute atomic E-state index is 0.707. The molecule has 4 aromatic rings. The highest BCUT2D eigenvalue weighted by atomic mass is 35.5. The lowest BCUT2D eigenvalue weighted by atomic mass is 10.1. The molecule has 0 atom stereocenters. The third kappa shape index (κ3) is 2.81. The Hall–Kier alpha value is -2.72. The van der Waals surface area contributed by atoms with Gasteiger partial charge in [0.05, 0.1) is 5.69 Å². The van der Waals surface area contributed by atoms with Gasteiger partial charge in [-0.3, -0.25) is 0 Å². The number of nitrogens with one attached hydrogen (secondary N) is 1. The lowest BCUT2D eigenvalue weighted by Gasteiger charge is -2.12. The highest BCUT2D eigenvalue weighted by Gasteiger charge is 2.24. The second kappa shape index (κ2) is 6.46. The maximum Gasteiger partial charge on any atom is 0.156 e. The van der Waals surface area contributed by atoms with E-state index in [9.17, 15) is 0 Å². The number of benzene rings is 2. The average Bonchev–Trinajstić information content (AvgIpc) is 3.17. The van der Waals surface area contributed by atoms with Gasteiger partial charge < -0.3 is 9.73 Å². The number of rotatable bonds is 2. The van der Waals surface area contributed by atoms with Crippen LogP contribution in [0.3, 0.4) is 0 Å². The fourth-order valence-corrected chi connectivity index (χ4v) is 3.95. The summed E-state index contributed by atoms with van der Waals surface area (Å²) in [5, 5.41) is 10.4. The van der Waals surface area contributed by atoms with E-state index in [2.05, 4.69) is 24.4 Å². The van der Waals surface area contributed by atoms with E-state index in [1.54, 1.807) is 0 Å². The van der Waals surface area contributed by atoms with Crippen LogP contribution in [0.4, 0.5) is 5.82 Å². The van der Waals surface area contributed by atoms with Gasteiger partial charge >= 0.3 is 0 Å². The van der Waals surface area contributed by atoms with E-state index >= 15 is 0 Å². The number of fused-ring (bicyclic) bond motifs is 2. The second-order valence-corrected chi connectivity index (χ2v) is 7.49. The van der Waals surface area contributed by atoms with E-state index < -0.39 is 0 Å². The Balaban J connectivity index is 1.74. The van der Waals surface area contributed by atoms with Crippen LogP contribution >= 0.6 is 11.6 Å². The largest absolute Gasteiger partial charge is 0.454 e. The van der Waals surface area contributed by atoms with Crippen LogP contribution in [0.2, 0.25) is 5.02 Å². The molecular weight excluding hydrogens is 358 g/mol. The van der Waals surface area contributed by atoms with Crippen LogP contribution in [0.25, 0.3) is 28.1 Å². The van der Waals surface area contributed by atoms with Crippen molar-refractivity contribution < 1.29 is 4.42 Å². The van der Waals surface area contributed by atoms with Crippen LogP contribution in [0.5, 0.6) is 0 Å². The average molecular weight is 378 g/mol. The Bertz CT molecular complexity index is 1110. The molecule has 0 saturated carbocycles. The number of aryl methyl sites for hydroxylation is 1. The van der Waals surface area contributed by atoms with Crippen LogP contribution in [0, 0.1) is 6.92 Å². The summed E-state index contributed by atoms with van der Waals surface area (Å²) in [6, 6.07) is 16.1. The summed E-state index contributed by atoms with van der Waals surface area (Å²) in [5.41, 5.74) is 5.14. The molecule has 0 radical (unpaired) electrons. The molecule has 2 aromatic heterocycles. The van der Waals surface area contributed by atoms with Crippen molar-refractivity contribution >= 4 is 28.4 Å². The number of hydrogen-bond acceptors (Lipinski definition) is 3. The molecule has 5 heteroatoms. The summed E-state index contributed by atoms with van der Waals surface area (Å²) >= 11 is 6.28. The predicted octanol–water partition coefficient (Wildman–Crippen LogP) is 6.00. The molecule has 0 fully saturated rings. The third-order valence-corrected chi connectivity index (χ3v) is 5.42. The van der Waals surface area contributed by atoms with Crippen molar-refractivity contribution in [2.45, 2.75) is 26.2 Å². The molecule has 0 bridgehead atoms. The molecule has 27 heavy (non-hydrogen) atoms. The summed E-state index contributed by atoms with van der Waals surface area (Å²) in [7, 11) is 0. The van der Waals surface area contributed by atoms with Crippen molar-refractivity contribution in [3.63, 3.8) is 0 Å². The van der Waals surface area contributed by atoms with Crippen LogP contribution in [-0.2, 0) is 6.42 Å². The molecular formula is C22H20ClN3O. The minimum atomic E-state index is 0.707. The molecule has 5 rings (SSSR count). The van der Waals surface area contributed by atoms with Gasteiger partial charge in [0.25, 0.3) is 0 Å². The number of anilines is 1. The molecule has 0 amide bonds. The van der Waals surface area contributed by atoms with E-state index in [0.29, 0.717) is 5.02 Å². The van der Waals surface area contributed by atoms with Gasteiger partial charge in [-0.1, -0.05) is 35.9 Å². The fourth-order valence-electron chi connectivity index (χ4n) is 3.78. The van der Waals surface area contributed by atoms with E-state index in [1.807, 2.05) is 41.1 Å². The van der Waals surface area contributed by atoms with Crippen molar-refractivity contribution in [1.82, 2.24) is 9.78 Å². The van der Waals surface area contributed by atoms with Crippen molar-refractivity contribution in [2.24, 2.45) is 0 Å². The smallest absolute Gasteiger partial charge is 0.156 e. The van der Waals surface area contributed by atoms with Gasteiger partial charge in [0.2, 0.25) is 0 Å². The Morgan fingerprint density at radius 2 is 2.00 bits per heavy atom. The van der Waals surface area contributed by atoms with Gasteiger partial charge in [0.1, 0.15) is 17.1 Å². The molecule has 0 spiro atoms. The Morgan fingerprint density at radius 3 is 2.89 bits per heavy atom. The predicted molar refractivity (Wildman–Crippen MR) is 110 cm³/mol. The minimum Gasteiger partial charge on any atom is -0.454 e. The summed E-state index contributed by atoms with van der Waals surface area (Å²) in [4.78, 5) is 0. The first kappa shape index (κ1) is 16.5. The van der Waals surface area contributed by atoms with Crippen LogP contribution in [-0.4, -0.2) is 16.3 Å². The number of nitrogens with zero attached hydrogens (tertiary/aromatic N) is 2. The standard InChI is InChI=1S/C22H20ClN3O/c1-14-9-10-16(23)13-18(14)26-22-17(7-4-5-11-24-22)21(25-26)20-12-15-6-2-3-8-19(15)27-20/h2-3,6,8-10,12-13,24H,4-5,7,11H2,1H3. The molecule has 1 aliphatic rings. The first-order chi connectivity index (χ1) is 13.2. The molecule has 136 valence electrons. The van der Waals surface area contributed by atoms with E-state index in [-0.39, 0.29) is 0 Å². The maximum atomic E-state index is 6.28. The number of halogens is 1. The second-order valence-electron chi connectivity index (χ2n) is 7.05. The number of hydrogen-bond donors (Lipinski definition) is 1. The molecule has 1 N–H and O–H groups in total. The quantitative estimate of drug-likeness (QED) is 0.466. The van der Waals surface area contributed by atoms with Crippen LogP contribution in [0.15, 0.2) is 52.9 Å². The Morgan fingerprint density at radius 1 is 1.11 bits per heavy atom. The highest BCUT2D eigenvalue weighted by Crippen LogP contribution is 2.37. The van der Waals surface area contributed by atoms with Crippen molar-refractivity contribution in [3.05, 3.63) is 64.7 Å². The zero-order chi connectivity index (χ0) is 18.4. The van der Waals surface area contributed by atoms with Gasteiger partial charge in [-0.25, -0.2) is 4.68 Å². The van der Waals surface area contributed by atoms with Crippen molar-refractivity contribution in [1.29, 1.82) is 0 Å². The first-order valence-electron chi connectivity index (χ1n) is 9.32. The summed E-state index contributed by atoms with van der Waals surface area (Å²) < 4.78 is 8.12. The van der Waals surface area contributed by atoms with Crippen molar-refractivity contribution in [3.8, 4) is 17.1 Å². The Kier molecular flexibility index (Phi) is 3.94. The van der Waals surface area contributed by atoms with Crippen LogP contribution in [0.1, 0.15) is 24.0 Å².